The van der Waals surface area contributed by atoms with E-state index in [-0.39, 0.29) is 24.0 Å². The number of carbonyl (C=O) groups is 4. The second-order valence-corrected chi connectivity index (χ2v) is 14.2. The van der Waals surface area contributed by atoms with Gasteiger partial charge in [0.15, 0.2) is 0 Å². The molecule has 5 aromatic carbocycles. The van der Waals surface area contributed by atoms with Gasteiger partial charge in [0.1, 0.15) is 5.75 Å². The highest BCUT2D eigenvalue weighted by Gasteiger charge is 2.70. The number of benzene rings is 5. The normalized spacial score (nSPS) is 26.9. The standard InChI is InChI=1S/C43H35N3O5/c1-25-16-19-28(20-17-25)44-46-40(49)34-24-33-31(21-22-32-36(33)41(50)45(39(32)48)29-13-6-3-7-14-29)38(43(34,42(46)51)27-11-4-2-5-12-27)37-30-15-9-8-10-26(30)18-23-35(37)47/h2-21,23,32-34,36,38,44,47H,22,24H2,1H3/t32-,33+,34-,36-,38+,43+/m0/s1. The first-order valence-corrected chi connectivity index (χ1v) is 17.4. The van der Waals surface area contributed by atoms with E-state index >= 15 is 4.79 Å². The number of nitrogens with zero attached hydrogens (tertiary/aromatic N) is 2. The molecule has 4 amide bonds. The number of phenols is 1. The van der Waals surface area contributed by atoms with Crippen LogP contribution < -0.4 is 10.3 Å². The van der Waals surface area contributed by atoms with Gasteiger partial charge in [0.2, 0.25) is 11.8 Å². The first-order chi connectivity index (χ1) is 24.8. The van der Waals surface area contributed by atoms with E-state index in [1.165, 1.54) is 4.90 Å². The summed E-state index contributed by atoms with van der Waals surface area (Å²) in [6.07, 6.45) is 2.50. The number of nitrogens with one attached hydrogen (secondary N) is 1. The summed E-state index contributed by atoms with van der Waals surface area (Å²) >= 11 is 0. The summed E-state index contributed by atoms with van der Waals surface area (Å²) in [5.74, 6) is -5.00. The Labute approximate surface area is 295 Å². The maximum absolute atomic E-state index is 15.4. The number of hydrogen-bond donors (Lipinski definition) is 2. The molecule has 2 aliphatic carbocycles. The Morgan fingerprint density at radius 2 is 1.41 bits per heavy atom. The van der Waals surface area contributed by atoms with Crippen LogP contribution in [0.3, 0.4) is 0 Å². The molecule has 6 atom stereocenters. The fourth-order valence-electron chi connectivity index (χ4n) is 9.48. The van der Waals surface area contributed by atoms with Gasteiger partial charge in [-0.1, -0.05) is 108 Å². The van der Waals surface area contributed by atoms with Gasteiger partial charge in [-0.3, -0.25) is 29.5 Å². The molecule has 2 heterocycles. The lowest BCUT2D eigenvalue weighted by molar-refractivity contribution is -0.138. The highest BCUT2D eigenvalue weighted by Crippen LogP contribution is 2.65. The highest BCUT2D eigenvalue weighted by atomic mass is 16.3. The molecular weight excluding hydrogens is 638 g/mol. The summed E-state index contributed by atoms with van der Waals surface area (Å²) in [5, 5.41) is 14.7. The van der Waals surface area contributed by atoms with Crippen LogP contribution in [-0.2, 0) is 24.6 Å². The largest absolute Gasteiger partial charge is 0.508 e. The molecule has 9 rings (SSSR count). The number of allylic oxidation sites excluding steroid dienone is 2. The lowest BCUT2D eigenvalue weighted by atomic mass is 9.48. The van der Waals surface area contributed by atoms with Gasteiger partial charge >= 0.3 is 0 Å². The second-order valence-electron chi connectivity index (χ2n) is 14.2. The van der Waals surface area contributed by atoms with Crippen LogP contribution in [0.2, 0.25) is 0 Å². The third kappa shape index (κ3) is 4.38. The molecule has 2 N–H and O–H groups in total. The third-order valence-electron chi connectivity index (χ3n) is 11.6. The van der Waals surface area contributed by atoms with Crippen LogP contribution in [-0.4, -0.2) is 33.7 Å². The van der Waals surface area contributed by atoms with Crippen molar-refractivity contribution in [1.82, 2.24) is 5.01 Å². The minimum absolute atomic E-state index is 0.00126. The molecule has 0 radical (unpaired) electrons. The number of amides is 4. The molecule has 8 heteroatoms. The van der Waals surface area contributed by atoms with E-state index in [0.29, 0.717) is 28.9 Å². The maximum atomic E-state index is 15.4. The Morgan fingerprint density at radius 3 is 2.16 bits per heavy atom. The van der Waals surface area contributed by atoms with Crippen molar-refractivity contribution in [2.45, 2.75) is 31.1 Å². The fraction of sp³-hybridized carbons (Fsp3) is 0.209. The van der Waals surface area contributed by atoms with Crippen LogP contribution >= 0.6 is 0 Å². The number of fused-ring (bicyclic) bond motifs is 5. The number of phenolic OH excluding ortho intramolecular Hbond substituents is 1. The van der Waals surface area contributed by atoms with E-state index < -0.39 is 46.8 Å². The zero-order valence-corrected chi connectivity index (χ0v) is 27.9. The van der Waals surface area contributed by atoms with Crippen molar-refractivity contribution >= 4 is 45.8 Å². The fourth-order valence-corrected chi connectivity index (χ4v) is 9.48. The van der Waals surface area contributed by atoms with Gasteiger partial charge in [0, 0.05) is 11.5 Å². The smallest absolute Gasteiger partial charge is 0.260 e. The zero-order valence-electron chi connectivity index (χ0n) is 27.9. The summed E-state index contributed by atoms with van der Waals surface area (Å²) in [4.78, 5) is 60.2. The average molecular weight is 674 g/mol. The molecule has 252 valence electrons. The highest BCUT2D eigenvalue weighted by molar-refractivity contribution is 6.22. The minimum atomic E-state index is -1.47. The van der Waals surface area contributed by atoms with Crippen molar-refractivity contribution in [1.29, 1.82) is 0 Å². The molecule has 0 aromatic heterocycles. The Morgan fingerprint density at radius 1 is 0.725 bits per heavy atom. The van der Waals surface area contributed by atoms with Crippen molar-refractivity contribution in [2.75, 3.05) is 10.3 Å². The van der Waals surface area contributed by atoms with Crippen molar-refractivity contribution in [3.05, 3.63) is 150 Å². The van der Waals surface area contributed by atoms with Crippen LogP contribution in [0.4, 0.5) is 11.4 Å². The summed E-state index contributed by atoms with van der Waals surface area (Å²) in [6, 6.07) is 37.0. The van der Waals surface area contributed by atoms with Crippen molar-refractivity contribution < 1.29 is 24.3 Å². The molecule has 0 spiro atoms. The van der Waals surface area contributed by atoms with Gasteiger partial charge < -0.3 is 5.11 Å². The van der Waals surface area contributed by atoms with Gasteiger partial charge in [0.05, 0.1) is 34.5 Å². The molecular formula is C43H35N3O5. The lowest BCUT2D eigenvalue weighted by Crippen LogP contribution is -2.53. The van der Waals surface area contributed by atoms with Crippen LogP contribution in [0, 0.1) is 30.6 Å². The van der Waals surface area contributed by atoms with Gasteiger partial charge in [-0.25, -0.2) is 0 Å². The Bertz CT molecular complexity index is 2290. The zero-order chi connectivity index (χ0) is 35.0. The van der Waals surface area contributed by atoms with E-state index in [1.807, 2.05) is 104 Å². The van der Waals surface area contributed by atoms with Gasteiger partial charge in [-0.2, -0.15) is 5.01 Å². The first kappa shape index (κ1) is 31.0. The SMILES string of the molecule is Cc1ccc(NN2C(=O)[C@@H]3C[C@@H]4C(=CC[C@@H]5C(=O)N(c6ccccc6)C(=O)[C@@H]54)[C@H](c4c(O)ccc5ccccc45)[C@]3(c3ccccc3)C2=O)cc1. The monoisotopic (exact) mass is 673 g/mol. The third-order valence-corrected chi connectivity index (χ3v) is 11.6. The number of hydrogen-bond acceptors (Lipinski definition) is 6. The van der Waals surface area contributed by atoms with Crippen molar-refractivity contribution in [3.8, 4) is 5.75 Å². The molecule has 1 saturated carbocycles. The minimum Gasteiger partial charge on any atom is -0.508 e. The summed E-state index contributed by atoms with van der Waals surface area (Å²) < 4.78 is 0. The number of imide groups is 2. The predicted molar refractivity (Wildman–Crippen MR) is 193 cm³/mol. The molecule has 8 nitrogen and oxygen atoms in total. The van der Waals surface area contributed by atoms with Gasteiger partial charge in [-0.05, 0) is 72.4 Å². The first-order valence-electron chi connectivity index (χ1n) is 17.4. The van der Waals surface area contributed by atoms with Crippen LogP contribution in [0.15, 0.2) is 133 Å². The molecule has 0 bridgehead atoms. The average Bonchev–Trinajstić information content (AvgIpc) is 3.54. The van der Waals surface area contributed by atoms with E-state index in [0.717, 1.165) is 26.9 Å². The quantitative estimate of drug-likeness (QED) is 0.153. The number of rotatable bonds is 5. The summed E-state index contributed by atoms with van der Waals surface area (Å²) in [6.45, 7) is 1.97. The van der Waals surface area contributed by atoms with Crippen LogP contribution in [0.25, 0.3) is 10.8 Å². The molecule has 0 unspecified atom stereocenters. The number of para-hydroxylation sites is 1. The number of carbonyl (C=O) groups excluding carboxylic acids is 4. The lowest BCUT2D eigenvalue weighted by Gasteiger charge is -2.51. The van der Waals surface area contributed by atoms with E-state index in [4.69, 9.17) is 0 Å². The number of aromatic hydroxyl groups is 1. The second kappa shape index (κ2) is 11.5. The summed E-state index contributed by atoms with van der Waals surface area (Å²) in [5.41, 5.74) is 5.79. The molecule has 4 aliphatic rings. The van der Waals surface area contributed by atoms with Crippen LogP contribution in [0.5, 0.6) is 5.75 Å². The van der Waals surface area contributed by atoms with Crippen molar-refractivity contribution in [3.63, 3.8) is 0 Å². The maximum Gasteiger partial charge on any atom is 0.260 e. The van der Waals surface area contributed by atoms with E-state index in [2.05, 4.69) is 5.43 Å². The topological polar surface area (TPSA) is 107 Å². The van der Waals surface area contributed by atoms with E-state index in [1.54, 1.807) is 30.3 Å². The number of hydrazine groups is 1. The van der Waals surface area contributed by atoms with Crippen molar-refractivity contribution in [2.24, 2.45) is 23.7 Å². The molecule has 2 saturated heterocycles. The Balaban J connectivity index is 1.29. The van der Waals surface area contributed by atoms with Gasteiger partial charge in [0.25, 0.3) is 11.8 Å². The predicted octanol–water partition coefficient (Wildman–Crippen LogP) is 7.04. The van der Waals surface area contributed by atoms with E-state index in [9.17, 15) is 19.5 Å². The Hall–Kier alpha value is -6.02. The number of anilines is 2. The molecule has 51 heavy (non-hydrogen) atoms. The summed E-state index contributed by atoms with van der Waals surface area (Å²) in [7, 11) is 0. The molecule has 5 aromatic rings. The van der Waals surface area contributed by atoms with Crippen LogP contribution in [0.1, 0.15) is 35.4 Å². The molecule has 2 aliphatic heterocycles. The molecule has 3 fully saturated rings. The Kier molecular flexibility index (Phi) is 7.00. The number of aryl methyl sites for hydroxylation is 1. The van der Waals surface area contributed by atoms with Gasteiger partial charge in [-0.15, -0.1) is 0 Å².